The van der Waals surface area contributed by atoms with Gasteiger partial charge in [-0.3, -0.25) is 0 Å². The van der Waals surface area contributed by atoms with E-state index < -0.39 is 0 Å². The molecule has 0 spiro atoms. The number of anilines is 3. The van der Waals surface area contributed by atoms with Crippen molar-refractivity contribution in [3.8, 4) is 0 Å². The number of hydrogen-bond donors (Lipinski definition) is 1. The number of halogens is 1. The zero-order chi connectivity index (χ0) is 17.6. The lowest BCUT2D eigenvalue weighted by Gasteiger charge is -2.22. The Hall–Kier alpha value is -2.59. The van der Waals surface area contributed by atoms with Crippen molar-refractivity contribution in [2.24, 2.45) is 0 Å². The topological polar surface area (TPSA) is 41.1 Å². The first-order valence-electron chi connectivity index (χ1n) is 8.31. The number of rotatable bonds is 6. The highest BCUT2D eigenvalue weighted by Crippen LogP contribution is 2.24. The number of hydrogen-bond acceptors (Lipinski definition) is 4. The van der Waals surface area contributed by atoms with Gasteiger partial charge < -0.3 is 10.2 Å². The smallest absolute Gasteiger partial charge is 0.224 e. The fraction of sp³-hybridized carbons (Fsp3) is 0.200. The second kappa shape index (κ2) is 7.99. The van der Waals surface area contributed by atoms with E-state index in [1.165, 1.54) is 5.56 Å². The summed E-state index contributed by atoms with van der Waals surface area (Å²) in [4.78, 5) is 11.2. The summed E-state index contributed by atoms with van der Waals surface area (Å²) in [6, 6.07) is 18.1. The molecular weight excluding hydrogens is 332 g/mol. The van der Waals surface area contributed by atoms with Crippen LogP contribution in [0.15, 0.2) is 60.8 Å². The molecule has 25 heavy (non-hydrogen) atoms. The van der Waals surface area contributed by atoms with Crippen LogP contribution in [0.2, 0.25) is 5.02 Å². The summed E-state index contributed by atoms with van der Waals surface area (Å²) in [7, 11) is 0. The number of nitrogens with one attached hydrogen (secondary N) is 1. The molecule has 3 rings (SSSR count). The van der Waals surface area contributed by atoms with E-state index in [0.717, 1.165) is 28.6 Å². The molecule has 128 valence electrons. The fourth-order valence-electron chi connectivity index (χ4n) is 2.64. The lowest BCUT2D eigenvalue weighted by atomic mass is 10.2. The van der Waals surface area contributed by atoms with Crippen LogP contribution >= 0.6 is 11.6 Å². The van der Waals surface area contributed by atoms with E-state index in [1.807, 2.05) is 30.3 Å². The highest BCUT2D eigenvalue weighted by Gasteiger charge is 2.10. The Bertz CT molecular complexity index is 833. The Balaban J connectivity index is 1.76. The van der Waals surface area contributed by atoms with Crippen molar-refractivity contribution in [3.63, 3.8) is 0 Å². The monoisotopic (exact) mass is 352 g/mol. The summed E-state index contributed by atoms with van der Waals surface area (Å²) in [6.45, 7) is 5.69. The minimum atomic E-state index is 0.610. The van der Waals surface area contributed by atoms with Crippen LogP contribution in [0.1, 0.15) is 18.1 Å². The van der Waals surface area contributed by atoms with Crippen LogP contribution in [0.5, 0.6) is 0 Å². The number of aryl methyl sites for hydroxylation is 1. The van der Waals surface area contributed by atoms with Gasteiger partial charge in [0.05, 0.1) is 0 Å². The third-order valence-corrected chi connectivity index (χ3v) is 4.16. The average Bonchev–Trinajstić information content (AvgIpc) is 2.62. The Morgan fingerprint density at radius 2 is 1.88 bits per heavy atom. The van der Waals surface area contributed by atoms with Crippen molar-refractivity contribution >= 4 is 29.1 Å². The molecule has 2 aromatic carbocycles. The zero-order valence-corrected chi connectivity index (χ0v) is 15.2. The third-order valence-electron chi connectivity index (χ3n) is 3.91. The van der Waals surface area contributed by atoms with Crippen molar-refractivity contribution < 1.29 is 0 Å². The molecule has 1 heterocycles. The molecule has 0 aliphatic carbocycles. The van der Waals surface area contributed by atoms with Crippen LogP contribution in [0.4, 0.5) is 17.5 Å². The van der Waals surface area contributed by atoms with Gasteiger partial charge in [0.25, 0.3) is 0 Å². The Morgan fingerprint density at radius 3 is 2.60 bits per heavy atom. The van der Waals surface area contributed by atoms with Gasteiger partial charge in [-0.25, -0.2) is 4.98 Å². The van der Waals surface area contributed by atoms with Gasteiger partial charge in [0.2, 0.25) is 5.95 Å². The SMILES string of the molecule is CCN(c1cccc(C)c1)c1ccnc(NCc2ccc(Cl)cc2)n1. The molecule has 0 radical (unpaired) electrons. The molecule has 3 aromatic rings. The molecule has 0 fully saturated rings. The zero-order valence-electron chi connectivity index (χ0n) is 14.4. The molecule has 0 bridgehead atoms. The molecule has 0 saturated carbocycles. The third kappa shape index (κ3) is 4.48. The second-order valence-electron chi connectivity index (χ2n) is 5.80. The Labute approximate surface area is 153 Å². The molecule has 0 saturated heterocycles. The van der Waals surface area contributed by atoms with E-state index in [9.17, 15) is 0 Å². The van der Waals surface area contributed by atoms with Gasteiger partial charge in [-0.1, -0.05) is 35.9 Å². The van der Waals surface area contributed by atoms with Crippen LogP contribution in [-0.4, -0.2) is 16.5 Å². The van der Waals surface area contributed by atoms with Crippen LogP contribution in [0.25, 0.3) is 0 Å². The molecule has 0 aliphatic heterocycles. The van der Waals surface area contributed by atoms with Crippen LogP contribution in [0.3, 0.4) is 0 Å². The first-order chi connectivity index (χ1) is 12.2. The van der Waals surface area contributed by atoms with Gasteiger partial charge in [-0.05, 0) is 55.3 Å². The maximum Gasteiger partial charge on any atom is 0.224 e. The Morgan fingerprint density at radius 1 is 1.08 bits per heavy atom. The number of nitrogens with zero attached hydrogens (tertiary/aromatic N) is 3. The maximum atomic E-state index is 5.92. The molecule has 1 aromatic heterocycles. The quantitative estimate of drug-likeness (QED) is 0.661. The van der Waals surface area contributed by atoms with Crippen LogP contribution < -0.4 is 10.2 Å². The summed E-state index contributed by atoms with van der Waals surface area (Å²) in [5.41, 5.74) is 3.49. The predicted molar refractivity (Wildman–Crippen MR) is 105 cm³/mol. The van der Waals surface area contributed by atoms with Crippen molar-refractivity contribution in [1.29, 1.82) is 0 Å². The average molecular weight is 353 g/mol. The van der Waals surface area contributed by atoms with Crippen molar-refractivity contribution in [2.75, 3.05) is 16.8 Å². The molecular formula is C20H21ClN4. The number of aromatic nitrogens is 2. The predicted octanol–water partition coefficient (Wildman–Crippen LogP) is 5.21. The highest BCUT2D eigenvalue weighted by atomic mass is 35.5. The summed E-state index contributed by atoms with van der Waals surface area (Å²) in [5, 5.41) is 4.01. The van der Waals surface area contributed by atoms with Crippen LogP contribution in [-0.2, 0) is 6.54 Å². The van der Waals surface area contributed by atoms with Gasteiger partial charge >= 0.3 is 0 Å². The molecule has 4 nitrogen and oxygen atoms in total. The lowest BCUT2D eigenvalue weighted by molar-refractivity contribution is 0.965. The summed E-state index contributed by atoms with van der Waals surface area (Å²) < 4.78 is 0. The minimum absolute atomic E-state index is 0.610. The van der Waals surface area contributed by atoms with Gasteiger partial charge in [-0.15, -0.1) is 0 Å². The fourth-order valence-corrected chi connectivity index (χ4v) is 2.77. The van der Waals surface area contributed by atoms with Crippen molar-refractivity contribution in [2.45, 2.75) is 20.4 Å². The summed E-state index contributed by atoms with van der Waals surface area (Å²) in [6.07, 6.45) is 1.78. The normalized spacial score (nSPS) is 10.5. The molecule has 0 atom stereocenters. The minimum Gasteiger partial charge on any atom is -0.350 e. The van der Waals surface area contributed by atoms with Gasteiger partial charge in [0, 0.05) is 30.0 Å². The van der Waals surface area contributed by atoms with Crippen LogP contribution in [0, 0.1) is 6.92 Å². The van der Waals surface area contributed by atoms with Gasteiger partial charge in [-0.2, -0.15) is 4.98 Å². The standard InChI is InChI=1S/C20H21ClN4/c1-3-25(18-6-4-5-15(2)13-18)19-11-12-22-20(24-19)23-14-16-7-9-17(21)10-8-16/h4-13H,3,14H2,1-2H3,(H,22,23,24). The molecule has 0 unspecified atom stereocenters. The van der Waals surface area contributed by atoms with E-state index >= 15 is 0 Å². The first kappa shape index (κ1) is 17.2. The van der Waals surface area contributed by atoms with Gasteiger partial charge in [0.1, 0.15) is 5.82 Å². The number of benzene rings is 2. The van der Waals surface area contributed by atoms with Crippen molar-refractivity contribution in [1.82, 2.24) is 9.97 Å². The summed E-state index contributed by atoms with van der Waals surface area (Å²) >= 11 is 5.92. The maximum absolute atomic E-state index is 5.92. The summed E-state index contributed by atoms with van der Waals surface area (Å²) in [5.74, 6) is 1.49. The van der Waals surface area contributed by atoms with Crippen molar-refractivity contribution in [3.05, 3.63) is 76.9 Å². The largest absolute Gasteiger partial charge is 0.350 e. The first-order valence-corrected chi connectivity index (χ1v) is 8.69. The second-order valence-corrected chi connectivity index (χ2v) is 6.24. The van der Waals surface area contributed by atoms with Gasteiger partial charge in [0.15, 0.2) is 0 Å². The van der Waals surface area contributed by atoms with E-state index in [-0.39, 0.29) is 0 Å². The molecule has 5 heteroatoms. The van der Waals surface area contributed by atoms with E-state index in [0.29, 0.717) is 12.5 Å². The molecule has 1 N–H and O–H groups in total. The highest BCUT2D eigenvalue weighted by molar-refractivity contribution is 6.30. The van der Waals surface area contributed by atoms with E-state index in [4.69, 9.17) is 11.6 Å². The molecule has 0 amide bonds. The molecule has 0 aliphatic rings. The van der Waals surface area contributed by atoms with E-state index in [2.05, 4.69) is 58.3 Å². The van der Waals surface area contributed by atoms with E-state index in [1.54, 1.807) is 6.20 Å². The lowest BCUT2D eigenvalue weighted by Crippen LogP contribution is -2.18. The Kier molecular flexibility index (Phi) is 5.51.